The molecular formula is C23H28N2O7. The number of carbonyl (C=O) groups excluding carboxylic acids is 2. The van der Waals surface area contributed by atoms with E-state index in [2.05, 4.69) is 0 Å². The van der Waals surface area contributed by atoms with Gasteiger partial charge in [-0.3, -0.25) is 9.59 Å². The van der Waals surface area contributed by atoms with Crippen molar-refractivity contribution in [3.8, 4) is 28.7 Å². The second kappa shape index (κ2) is 10.1. The first-order valence-electron chi connectivity index (χ1n) is 10.1. The maximum absolute atomic E-state index is 13.2. The van der Waals surface area contributed by atoms with Crippen LogP contribution in [-0.4, -0.2) is 83.3 Å². The summed E-state index contributed by atoms with van der Waals surface area (Å²) in [6.45, 7) is 1.62. The molecule has 0 aromatic heterocycles. The number of hydrogen-bond acceptors (Lipinski definition) is 7. The smallest absolute Gasteiger partial charge is 0.257 e. The van der Waals surface area contributed by atoms with Gasteiger partial charge in [-0.1, -0.05) is 0 Å². The standard InChI is InChI=1S/C23H28N2O7/c1-28-17-7-6-15(12-19(17)30-3)22(26)24-8-10-25(11-9-24)23(27)16-13-20(31-4)21(32-5)14-18(16)29-2/h6-7,12-14H,8-11H2,1-5H3. The number of hydrogen-bond donors (Lipinski definition) is 0. The van der Waals surface area contributed by atoms with Gasteiger partial charge >= 0.3 is 0 Å². The van der Waals surface area contributed by atoms with E-state index in [0.717, 1.165) is 0 Å². The van der Waals surface area contributed by atoms with Crippen molar-refractivity contribution < 1.29 is 33.3 Å². The minimum absolute atomic E-state index is 0.123. The Kier molecular flexibility index (Phi) is 7.29. The Labute approximate surface area is 187 Å². The summed E-state index contributed by atoms with van der Waals surface area (Å²) in [5.74, 6) is 2.06. The van der Waals surface area contributed by atoms with E-state index >= 15 is 0 Å². The lowest BCUT2D eigenvalue weighted by molar-refractivity contribution is 0.0533. The summed E-state index contributed by atoms with van der Waals surface area (Å²) in [6, 6.07) is 8.31. The van der Waals surface area contributed by atoms with E-state index in [1.165, 1.54) is 28.4 Å². The maximum atomic E-state index is 13.2. The summed E-state index contributed by atoms with van der Waals surface area (Å²) in [6.07, 6.45) is 0. The predicted molar refractivity (Wildman–Crippen MR) is 117 cm³/mol. The largest absolute Gasteiger partial charge is 0.496 e. The van der Waals surface area contributed by atoms with Crippen LogP contribution in [0.4, 0.5) is 0 Å². The molecular weight excluding hydrogens is 416 g/mol. The van der Waals surface area contributed by atoms with Gasteiger partial charge in [0.15, 0.2) is 23.0 Å². The van der Waals surface area contributed by atoms with E-state index in [9.17, 15) is 9.59 Å². The Balaban J connectivity index is 1.72. The average Bonchev–Trinajstić information content (AvgIpc) is 2.86. The molecule has 0 radical (unpaired) electrons. The lowest BCUT2D eigenvalue weighted by Gasteiger charge is -2.35. The van der Waals surface area contributed by atoms with Gasteiger partial charge in [0.1, 0.15) is 5.75 Å². The Morgan fingerprint density at radius 3 is 1.59 bits per heavy atom. The van der Waals surface area contributed by atoms with E-state index in [1.807, 2.05) is 0 Å². The fourth-order valence-corrected chi connectivity index (χ4v) is 3.63. The molecule has 0 saturated carbocycles. The Hall–Kier alpha value is -3.62. The Morgan fingerprint density at radius 1 is 0.594 bits per heavy atom. The van der Waals surface area contributed by atoms with Crippen molar-refractivity contribution in [3.05, 3.63) is 41.5 Å². The number of benzene rings is 2. The average molecular weight is 444 g/mol. The van der Waals surface area contributed by atoms with Crippen LogP contribution in [0.2, 0.25) is 0 Å². The summed E-state index contributed by atoms with van der Waals surface area (Å²) < 4.78 is 26.5. The third-order valence-electron chi connectivity index (χ3n) is 5.42. The van der Waals surface area contributed by atoms with Gasteiger partial charge in [0.2, 0.25) is 0 Å². The highest BCUT2D eigenvalue weighted by Crippen LogP contribution is 2.35. The predicted octanol–water partition coefficient (Wildman–Crippen LogP) is 2.33. The molecule has 2 aromatic rings. The monoisotopic (exact) mass is 444 g/mol. The zero-order valence-electron chi connectivity index (χ0n) is 19.0. The molecule has 32 heavy (non-hydrogen) atoms. The summed E-state index contributed by atoms with van der Waals surface area (Å²) >= 11 is 0. The minimum atomic E-state index is -0.194. The maximum Gasteiger partial charge on any atom is 0.257 e. The molecule has 0 atom stereocenters. The van der Waals surface area contributed by atoms with E-state index < -0.39 is 0 Å². The van der Waals surface area contributed by atoms with Crippen molar-refractivity contribution in [1.29, 1.82) is 0 Å². The molecule has 1 fully saturated rings. The number of piperazine rings is 1. The van der Waals surface area contributed by atoms with Crippen LogP contribution in [0, 0.1) is 0 Å². The van der Waals surface area contributed by atoms with E-state index in [4.69, 9.17) is 23.7 Å². The quantitative estimate of drug-likeness (QED) is 0.648. The summed E-state index contributed by atoms with van der Waals surface area (Å²) in [7, 11) is 7.60. The van der Waals surface area contributed by atoms with E-state index in [0.29, 0.717) is 66.1 Å². The number of methoxy groups -OCH3 is 5. The highest BCUT2D eigenvalue weighted by Gasteiger charge is 2.28. The molecule has 0 N–H and O–H groups in total. The molecule has 0 unspecified atom stereocenters. The second-order valence-corrected chi connectivity index (χ2v) is 7.06. The summed E-state index contributed by atoms with van der Waals surface area (Å²) in [5.41, 5.74) is 0.883. The molecule has 9 nitrogen and oxygen atoms in total. The zero-order chi connectivity index (χ0) is 23.3. The van der Waals surface area contributed by atoms with Crippen LogP contribution in [0.25, 0.3) is 0 Å². The highest BCUT2D eigenvalue weighted by molar-refractivity contribution is 5.98. The summed E-state index contributed by atoms with van der Waals surface area (Å²) in [5, 5.41) is 0. The van der Waals surface area contributed by atoms with Crippen LogP contribution in [0.5, 0.6) is 28.7 Å². The van der Waals surface area contributed by atoms with Gasteiger partial charge in [-0.05, 0) is 18.2 Å². The molecule has 1 aliphatic heterocycles. The SMILES string of the molecule is COc1ccc(C(=O)N2CCN(C(=O)c3cc(OC)c(OC)cc3OC)CC2)cc1OC. The van der Waals surface area contributed by atoms with Crippen molar-refractivity contribution in [2.75, 3.05) is 61.7 Å². The van der Waals surface area contributed by atoms with Crippen LogP contribution >= 0.6 is 0 Å². The molecule has 3 rings (SSSR count). The minimum Gasteiger partial charge on any atom is -0.496 e. The third-order valence-corrected chi connectivity index (χ3v) is 5.42. The van der Waals surface area contributed by atoms with Gasteiger partial charge in [0.25, 0.3) is 11.8 Å². The van der Waals surface area contributed by atoms with Crippen LogP contribution < -0.4 is 23.7 Å². The molecule has 1 aliphatic rings. The fraction of sp³-hybridized carbons (Fsp3) is 0.391. The van der Waals surface area contributed by atoms with Gasteiger partial charge in [0, 0.05) is 43.9 Å². The van der Waals surface area contributed by atoms with E-state index in [-0.39, 0.29) is 11.8 Å². The number of carbonyl (C=O) groups is 2. The molecule has 9 heteroatoms. The number of amides is 2. The molecule has 1 saturated heterocycles. The van der Waals surface area contributed by atoms with Crippen molar-refractivity contribution in [2.45, 2.75) is 0 Å². The van der Waals surface area contributed by atoms with Gasteiger partial charge in [-0.2, -0.15) is 0 Å². The molecule has 2 aromatic carbocycles. The lowest BCUT2D eigenvalue weighted by atomic mass is 10.1. The van der Waals surface area contributed by atoms with Crippen LogP contribution in [-0.2, 0) is 0 Å². The fourth-order valence-electron chi connectivity index (χ4n) is 3.63. The molecule has 0 spiro atoms. The first-order chi connectivity index (χ1) is 15.5. The second-order valence-electron chi connectivity index (χ2n) is 7.06. The topological polar surface area (TPSA) is 86.8 Å². The lowest BCUT2D eigenvalue weighted by Crippen LogP contribution is -2.50. The molecule has 0 aliphatic carbocycles. The van der Waals surface area contributed by atoms with Gasteiger partial charge in [-0.15, -0.1) is 0 Å². The molecule has 2 amide bonds. The molecule has 172 valence electrons. The molecule has 0 bridgehead atoms. The number of rotatable bonds is 7. The first-order valence-corrected chi connectivity index (χ1v) is 10.1. The van der Waals surface area contributed by atoms with Gasteiger partial charge < -0.3 is 33.5 Å². The number of nitrogens with zero attached hydrogens (tertiary/aromatic N) is 2. The van der Waals surface area contributed by atoms with Crippen molar-refractivity contribution in [2.24, 2.45) is 0 Å². The Bertz CT molecular complexity index is 985. The number of ether oxygens (including phenoxy) is 5. The highest BCUT2D eigenvalue weighted by atomic mass is 16.5. The van der Waals surface area contributed by atoms with E-state index in [1.54, 1.807) is 47.2 Å². The van der Waals surface area contributed by atoms with Crippen molar-refractivity contribution in [3.63, 3.8) is 0 Å². The van der Waals surface area contributed by atoms with Crippen LogP contribution in [0.15, 0.2) is 30.3 Å². The van der Waals surface area contributed by atoms with Crippen LogP contribution in [0.3, 0.4) is 0 Å². The van der Waals surface area contributed by atoms with Gasteiger partial charge in [-0.25, -0.2) is 0 Å². The van der Waals surface area contributed by atoms with Crippen molar-refractivity contribution >= 4 is 11.8 Å². The van der Waals surface area contributed by atoms with Crippen molar-refractivity contribution in [1.82, 2.24) is 9.80 Å². The first kappa shape index (κ1) is 23.1. The Morgan fingerprint density at radius 2 is 1.06 bits per heavy atom. The van der Waals surface area contributed by atoms with Crippen LogP contribution in [0.1, 0.15) is 20.7 Å². The van der Waals surface area contributed by atoms with Gasteiger partial charge in [0.05, 0.1) is 41.1 Å². The third kappa shape index (κ3) is 4.51. The summed E-state index contributed by atoms with van der Waals surface area (Å²) in [4.78, 5) is 29.5. The molecule has 1 heterocycles. The normalized spacial score (nSPS) is 13.4. The zero-order valence-corrected chi connectivity index (χ0v) is 19.0.